The second-order valence-electron chi connectivity index (χ2n) is 8.87. The van der Waals surface area contributed by atoms with E-state index < -0.39 is 17.2 Å². The van der Waals surface area contributed by atoms with Gasteiger partial charge in [-0.3, -0.25) is 9.78 Å². The zero-order chi connectivity index (χ0) is 24.1. The van der Waals surface area contributed by atoms with Crippen molar-refractivity contribution >= 4 is 22.9 Å². The standard InChI is InChI=1S/C27H28F2N2O3/c1-34-22-16-23-18(3-2-4-25(23)31-17-22)7-11-27(33)12-8-19(9-13-27)26(32)30-14-10-20-15-21(28)5-6-24(20)29/h2-6,10,14-17,19,33H,7-9,11-13H2,1H3,(H,30,32)/t19-,27+. The Hall–Kier alpha value is -3.32. The molecule has 0 saturated heterocycles. The lowest BCUT2D eigenvalue weighted by atomic mass is 9.75. The van der Waals surface area contributed by atoms with Crippen LogP contribution in [0.3, 0.4) is 0 Å². The summed E-state index contributed by atoms with van der Waals surface area (Å²) in [7, 11) is 1.61. The fraction of sp³-hybridized carbons (Fsp3) is 0.333. The minimum atomic E-state index is -0.828. The first-order valence-electron chi connectivity index (χ1n) is 11.4. The third-order valence-electron chi connectivity index (χ3n) is 6.62. The van der Waals surface area contributed by atoms with E-state index in [0.717, 1.165) is 34.7 Å². The third kappa shape index (κ3) is 5.59. The summed E-state index contributed by atoms with van der Waals surface area (Å²) in [4.78, 5) is 16.9. The number of amides is 1. The zero-order valence-electron chi connectivity index (χ0n) is 19.1. The van der Waals surface area contributed by atoms with Crippen LogP contribution in [0.25, 0.3) is 17.0 Å². The predicted molar refractivity (Wildman–Crippen MR) is 127 cm³/mol. The van der Waals surface area contributed by atoms with Crippen molar-refractivity contribution < 1.29 is 23.4 Å². The van der Waals surface area contributed by atoms with E-state index in [9.17, 15) is 18.7 Å². The largest absolute Gasteiger partial charge is 0.495 e. The molecule has 178 valence electrons. The molecule has 0 unspecified atom stereocenters. The Bertz CT molecular complexity index is 1200. The summed E-state index contributed by atoms with van der Waals surface area (Å²) >= 11 is 0. The number of halogens is 2. The molecule has 1 aromatic heterocycles. The molecule has 0 spiro atoms. The number of fused-ring (bicyclic) bond motifs is 1. The van der Waals surface area contributed by atoms with E-state index in [1.807, 2.05) is 24.3 Å². The summed E-state index contributed by atoms with van der Waals surface area (Å²) < 4.78 is 32.2. The Morgan fingerprint density at radius 1 is 1.24 bits per heavy atom. The SMILES string of the molecule is COc1cnc2cccc(CC[C@]3(O)CC[C@@H](C(=O)NC=Cc4cc(F)ccc4F)CC3)c2c1. The van der Waals surface area contributed by atoms with Crippen LogP contribution in [0.5, 0.6) is 5.75 Å². The first-order chi connectivity index (χ1) is 16.4. The van der Waals surface area contributed by atoms with Gasteiger partial charge in [-0.2, -0.15) is 0 Å². The number of aromatic nitrogens is 1. The van der Waals surface area contributed by atoms with Crippen LogP contribution in [0, 0.1) is 17.6 Å². The van der Waals surface area contributed by atoms with E-state index in [4.69, 9.17) is 4.74 Å². The summed E-state index contributed by atoms with van der Waals surface area (Å²) in [6.45, 7) is 0. The fourth-order valence-corrected chi connectivity index (χ4v) is 4.53. The molecule has 2 aromatic carbocycles. The number of aliphatic hydroxyl groups is 1. The van der Waals surface area contributed by atoms with Gasteiger partial charge >= 0.3 is 0 Å². The van der Waals surface area contributed by atoms with Crippen LogP contribution < -0.4 is 10.1 Å². The van der Waals surface area contributed by atoms with Crippen LogP contribution in [0.2, 0.25) is 0 Å². The average molecular weight is 467 g/mol. The molecule has 1 heterocycles. The molecule has 0 radical (unpaired) electrons. The molecule has 1 aliphatic carbocycles. The summed E-state index contributed by atoms with van der Waals surface area (Å²) in [5, 5.41) is 14.8. The number of hydrogen-bond donors (Lipinski definition) is 2. The van der Waals surface area contributed by atoms with Gasteiger partial charge < -0.3 is 15.2 Å². The number of methoxy groups -OCH3 is 1. The lowest BCUT2D eigenvalue weighted by Crippen LogP contribution is -2.38. The summed E-state index contributed by atoms with van der Waals surface area (Å²) in [6.07, 6.45) is 7.84. The minimum Gasteiger partial charge on any atom is -0.495 e. The molecule has 1 amide bonds. The van der Waals surface area contributed by atoms with E-state index in [0.29, 0.717) is 44.3 Å². The number of benzene rings is 2. The van der Waals surface area contributed by atoms with Gasteiger partial charge in [0.15, 0.2) is 0 Å². The van der Waals surface area contributed by atoms with Gasteiger partial charge in [0.1, 0.15) is 17.4 Å². The van der Waals surface area contributed by atoms with Crippen molar-refractivity contribution in [3.8, 4) is 5.75 Å². The van der Waals surface area contributed by atoms with Crippen molar-refractivity contribution in [2.75, 3.05) is 7.11 Å². The first kappa shape index (κ1) is 23.8. The number of aryl methyl sites for hydroxylation is 1. The molecule has 0 atom stereocenters. The van der Waals surface area contributed by atoms with Crippen molar-refractivity contribution in [1.82, 2.24) is 10.3 Å². The maximum atomic E-state index is 13.7. The number of carbonyl (C=O) groups excluding carboxylic acids is 1. The quantitative estimate of drug-likeness (QED) is 0.504. The van der Waals surface area contributed by atoms with Crippen LogP contribution in [-0.2, 0) is 11.2 Å². The van der Waals surface area contributed by atoms with E-state index in [-0.39, 0.29) is 17.4 Å². The molecule has 34 heavy (non-hydrogen) atoms. The summed E-state index contributed by atoms with van der Waals surface area (Å²) in [6, 6.07) is 11.1. The second-order valence-corrected chi connectivity index (χ2v) is 8.87. The van der Waals surface area contributed by atoms with Gasteiger partial charge in [-0.25, -0.2) is 8.78 Å². The Kier molecular flexibility index (Phi) is 7.22. The van der Waals surface area contributed by atoms with Crippen LogP contribution in [-0.4, -0.2) is 28.7 Å². The molecule has 1 saturated carbocycles. The Morgan fingerprint density at radius 3 is 2.79 bits per heavy atom. The van der Waals surface area contributed by atoms with Crippen LogP contribution in [0.4, 0.5) is 8.78 Å². The maximum Gasteiger partial charge on any atom is 0.227 e. The number of pyridine rings is 1. The van der Waals surface area contributed by atoms with Gasteiger partial charge in [0.05, 0.1) is 24.4 Å². The number of rotatable bonds is 7. The topological polar surface area (TPSA) is 71.5 Å². The van der Waals surface area contributed by atoms with Gasteiger partial charge in [0, 0.05) is 23.1 Å². The van der Waals surface area contributed by atoms with E-state index in [2.05, 4.69) is 10.3 Å². The average Bonchev–Trinajstić information content (AvgIpc) is 2.85. The molecule has 1 fully saturated rings. The zero-order valence-corrected chi connectivity index (χ0v) is 19.1. The van der Waals surface area contributed by atoms with E-state index in [1.54, 1.807) is 13.3 Å². The lowest BCUT2D eigenvalue weighted by Gasteiger charge is -2.35. The van der Waals surface area contributed by atoms with Gasteiger partial charge in [-0.05, 0) is 80.5 Å². The van der Waals surface area contributed by atoms with Gasteiger partial charge in [0.2, 0.25) is 5.91 Å². The highest BCUT2D eigenvalue weighted by atomic mass is 19.1. The predicted octanol–water partition coefficient (Wildman–Crippen LogP) is 5.16. The molecule has 0 bridgehead atoms. The Labute approximate surface area is 197 Å². The van der Waals surface area contributed by atoms with Crippen molar-refractivity contribution in [1.29, 1.82) is 0 Å². The highest BCUT2D eigenvalue weighted by molar-refractivity contribution is 5.83. The second kappa shape index (κ2) is 10.3. The van der Waals surface area contributed by atoms with Crippen molar-refractivity contribution in [3.05, 3.63) is 77.6 Å². The Balaban J connectivity index is 1.31. The number of nitrogens with one attached hydrogen (secondary N) is 1. The monoisotopic (exact) mass is 466 g/mol. The highest BCUT2D eigenvalue weighted by Gasteiger charge is 2.35. The molecule has 5 nitrogen and oxygen atoms in total. The third-order valence-corrected chi connectivity index (χ3v) is 6.62. The minimum absolute atomic E-state index is 0.0691. The molecular weight excluding hydrogens is 438 g/mol. The molecule has 1 aliphatic rings. The highest BCUT2D eigenvalue weighted by Crippen LogP contribution is 2.36. The summed E-state index contributed by atoms with van der Waals surface area (Å²) in [5.41, 5.74) is 1.23. The summed E-state index contributed by atoms with van der Waals surface area (Å²) in [5.74, 6) is -0.817. The van der Waals surface area contributed by atoms with Crippen molar-refractivity contribution in [2.45, 2.75) is 44.1 Å². The number of ether oxygens (including phenoxy) is 1. The van der Waals surface area contributed by atoms with Crippen molar-refractivity contribution in [3.63, 3.8) is 0 Å². The number of hydrogen-bond acceptors (Lipinski definition) is 4. The molecule has 2 N–H and O–H groups in total. The van der Waals surface area contributed by atoms with Crippen LogP contribution >= 0.6 is 0 Å². The van der Waals surface area contributed by atoms with Crippen LogP contribution in [0.1, 0.15) is 43.2 Å². The Morgan fingerprint density at radius 2 is 2.03 bits per heavy atom. The van der Waals surface area contributed by atoms with E-state index >= 15 is 0 Å². The van der Waals surface area contributed by atoms with Gasteiger partial charge in [-0.1, -0.05) is 12.1 Å². The molecule has 3 aromatic rings. The number of carbonyl (C=O) groups is 1. The van der Waals surface area contributed by atoms with Crippen molar-refractivity contribution in [2.24, 2.45) is 5.92 Å². The molecule has 0 aliphatic heterocycles. The lowest BCUT2D eigenvalue weighted by molar-refractivity contribution is -0.127. The molecule has 7 heteroatoms. The number of nitrogens with zero attached hydrogens (tertiary/aromatic N) is 1. The van der Waals surface area contributed by atoms with E-state index in [1.165, 1.54) is 12.3 Å². The normalized spacial score (nSPS) is 20.5. The fourth-order valence-electron chi connectivity index (χ4n) is 4.53. The molecular formula is C27H28F2N2O3. The smallest absolute Gasteiger partial charge is 0.227 e. The van der Waals surface area contributed by atoms with Gasteiger partial charge in [0.25, 0.3) is 0 Å². The maximum absolute atomic E-state index is 13.7. The van der Waals surface area contributed by atoms with Crippen LogP contribution in [0.15, 0.2) is 54.9 Å². The van der Waals surface area contributed by atoms with Gasteiger partial charge in [-0.15, -0.1) is 0 Å². The first-order valence-corrected chi connectivity index (χ1v) is 11.4. The molecule has 4 rings (SSSR count).